The third-order valence-electron chi connectivity index (χ3n) is 7.58. The minimum Gasteiger partial charge on any atom is -0.497 e. The lowest BCUT2D eigenvalue weighted by Crippen LogP contribution is -2.52. The van der Waals surface area contributed by atoms with E-state index in [4.69, 9.17) is 14.2 Å². The third kappa shape index (κ3) is 3.34. The quantitative estimate of drug-likeness (QED) is 0.374. The molecule has 0 N–H and O–H groups in total. The van der Waals surface area contributed by atoms with Crippen molar-refractivity contribution in [3.8, 4) is 17.2 Å². The van der Waals surface area contributed by atoms with E-state index in [1.54, 1.807) is 21.3 Å². The highest BCUT2D eigenvalue weighted by atomic mass is 16.5. The van der Waals surface area contributed by atoms with Crippen molar-refractivity contribution in [3.63, 3.8) is 0 Å². The maximum absolute atomic E-state index is 5.70. The zero-order valence-corrected chi connectivity index (χ0v) is 20.0. The van der Waals surface area contributed by atoms with E-state index in [0.29, 0.717) is 6.04 Å². The van der Waals surface area contributed by atoms with E-state index in [9.17, 15) is 0 Å². The first-order valence-corrected chi connectivity index (χ1v) is 11.9. The molecule has 0 amide bonds. The lowest BCUT2D eigenvalue weighted by atomic mass is 9.83. The average molecular weight is 455 g/mol. The summed E-state index contributed by atoms with van der Waals surface area (Å²) in [7, 11) is 5.13. The van der Waals surface area contributed by atoms with Crippen LogP contribution >= 0.6 is 0 Å². The monoisotopic (exact) mass is 454 g/mol. The molecule has 1 saturated heterocycles. The summed E-state index contributed by atoms with van der Waals surface area (Å²) in [4.78, 5) is 5.15. The lowest BCUT2D eigenvalue weighted by molar-refractivity contribution is 0.139. The van der Waals surface area contributed by atoms with Crippen molar-refractivity contribution in [1.82, 2.24) is 4.90 Å². The molecule has 0 bridgehead atoms. The molecule has 2 aliphatic rings. The summed E-state index contributed by atoms with van der Waals surface area (Å²) in [5, 5.41) is 4.95. The molecule has 0 radical (unpaired) electrons. The summed E-state index contributed by atoms with van der Waals surface area (Å²) in [6, 6.07) is 22.1. The van der Waals surface area contributed by atoms with Crippen LogP contribution in [0.2, 0.25) is 0 Å². The molecule has 6 rings (SSSR count). The molecule has 2 aliphatic heterocycles. The highest BCUT2D eigenvalue weighted by Gasteiger charge is 2.33. The molecule has 0 spiro atoms. The molecule has 0 aromatic heterocycles. The zero-order valence-electron chi connectivity index (χ0n) is 20.0. The van der Waals surface area contributed by atoms with Crippen molar-refractivity contribution in [2.75, 3.05) is 39.4 Å². The van der Waals surface area contributed by atoms with E-state index in [-0.39, 0.29) is 0 Å². The van der Waals surface area contributed by atoms with Gasteiger partial charge in [-0.1, -0.05) is 24.3 Å². The van der Waals surface area contributed by atoms with Gasteiger partial charge >= 0.3 is 0 Å². The van der Waals surface area contributed by atoms with E-state index < -0.39 is 0 Å². The Kier molecular flexibility index (Phi) is 5.22. The van der Waals surface area contributed by atoms with Crippen molar-refractivity contribution < 1.29 is 14.2 Å². The Bertz CT molecular complexity index is 1370. The fraction of sp³-hybridized carbons (Fsp3) is 0.310. The van der Waals surface area contributed by atoms with Crippen molar-refractivity contribution in [2.24, 2.45) is 0 Å². The van der Waals surface area contributed by atoms with Gasteiger partial charge in [-0.3, -0.25) is 4.90 Å². The van der Waals surface area contributed by atoms with Crippen LogP contribution < -0.4 is 19.1 Å². The smallest absolute Gasteiger partial charge is 0.161 e. The summed E-state index contributed by atoms with van der Waals surface area (Å²) >= 11 is 0. The van der Waals surface area contributed by atoms with E-state index >= 15 is 0 Å². The van der Waals surface area contributed by atoms with Crippen LogP contribution in [0, 0.1) is 0 Å². The SMILES string of the molecule is COc1ccc2c3c(c4cc(OC)c(OC)cc4c2c1)C[C@H]1CCN(c2ccccc2)CN1C3. The molecule has 4 aromatic carbocycles. The van der Waals surface area contributed by atoms with Gasteiger partial charge in [0.2, 0.25) is 0 Å². The number of methoxy groups -OCH3 is 3. The van der Waals surface area contributed by atoms with E-state index in [0.717, 1.165) is 49.8 Å². The second kappa shape index (κ2) is 8.41. The van der Waals surface area contributed by atoms with Gasteiger partial charge in [0.1, 0.15) is 5.75 Å². The highest BCUT2D eigenvalue weighted by molar-refractivity contribution is 6.12. The minimum absolute atomic E-state index is 0.541. The lowest BCUT2D eigenvalue weighted by Gasteiger charge is -2.46. The van der Waals surface area contributed by atoms with Gasteiger partial charge in [0.15, 0.2) is 11.5 Å². The maximum Gasteiger partial charge on any atom is 0.161 e. The Morgan fingerprint density at radius 3 is 2.21 bits per heavy atom. The number of fused-ring (bicyclic) bond motifs is 7. The first-order chi connectivity index (χ1) is 16.7. The minimum atomic E-state index is 0.541. The van der Waals surface area contributed by atoms with Gasteiger partial charge in [0, 0.05) is 24.8 Å². The van der Waals surface area contributed by atoms with Crippen molar-refractivity contribution in [3.05, 3.63) is 71.8 Å². The van der Waals surface area contributed by atoms with Crippen molar-refractivity contribution in [2.45, 2.75) is 25.4 Å². The molecule has 5 heteroatoms. The Labute approximate surface area is 200 Å². The number of nitrogens with zero attached hydrogens (tertiary/aromatic N) is 2. The number of ether oxygens (including phenoxy) is 3. The second-order valence-electron chi connectivity index (χ2n) is 9.26. The van der Waals surface area contributed by atoms with Crippen LogP contribution in [0.5, 0.6) is 17.2 Å². The van der Waals surface area contributed by atoms with Crippen molar-refractivity contribution >= 4 is 27.2 Å². The van der Waals surface area contributed by atoms with Crippen molar-refractivity contribution in [1.29, 1.82) is 0 Å². The number of hydrogen-bond acceptors (Lipinski definition) is 5. The summed E-state index contributed by atoms with van der Waals surface area (Å²) < 4.78 is 17.0. The molecular weight excluding hydrogens is 424 g/mol. The number of hydrogen-bond donors (Lipinski definition) is 0. The van der Waals surface area contributed by atoms with E-state index in [2.05, 4.69) is 70.5 Å². The molecule has 174 valence electrons. The molecule has 1 fully saturated rings. The Balaban J connectivity index is 1.51. The van der Waals surface area contributed by atoms with E-state index in [1.165, 1.54) is 38.4 Å². The first-order valence-electron chi connectivity index (χ1n) is 11.9. The molecule has 1 atom stereocenters. The topological polar surface area (TPSA) is 34.2 Å². The van der Waals surface area contributed by atoms with Gasteiger partial charge in [-0.25, -0.2) is 0 Å². The predicted octanol–water partition coefficient (Wildman–Crippen LogP) is 5.61. The second-order valence-corrected chi connectivity index (χ2v) is 9.26. The normalized spacial score (nSPS) is 18.0. The van der Waals surface area contributed by atoms with Crippen LogP contribution in [0.25, 0.3) is 21.5 Å². The summed E-state index contributed by atoms with van der Waals surface area (Å²) in [5.41, 5.74) is 4.17. The van der Waals surface area contributed by atoms with E-state index in [1.807, 2.05) is 0 Å². The molecular formula is C29H30N2O3. The Hall–Kier alpha value is -3.44. The van der Waals surface area contributed by atoms with Crippen LogP contribution in [-0.4, -0.2) is 45.5 Å². The molecule has 0 unspecified atom stereocenters. The average Bonchev–Trinajstić information content (AvgIpc) is 2.91. The van der Waals surface area contributed by atoms with Crippen LogP contribution in [0.3, 0.4) is 0 Å². The van der Waals surface area contributed by atoms with Gasteiger partial charge in [-0.15, -0.1) is 0 Å². The maximum atomic E-state index is 5.70. The standard InChI is InChI=1S/C29H30N2O3/c1-32-21-9-10-22-24(14-21)26-16-29(34-3)28(33-2)15-25(26)23-13-20-11-12-30(18-31(20)17-27(22)23)19-7-5-4-6-8-19/h4-10,14-16,20H,11-13,17-18H2,1-3H3/t20-/m1/s1. The third-order valence-corrected chi connectivity index (χ3v) is 7.58. The van der Waals surface area contributed by atoms with Gasteiger partial charge in [0.05, 0.1) is 28.0 Å². The molecule has 5 nitrogen and oxygen atoms in total. The number of anilines is 1. The van der Waals surface area contributed by atoms with Crippen LogP contribution in [0.4, 0.5) is 5.69 Å². The van der Waals surface area contributed by atoms with Crippen LogP contribution in [-0.2, 0) is 13.0 Å². The van der Waals surface area contributed by atoms with Gasteiger partial charge in [-0.05, 0) is 81.9 Å². The molecule has 0 saturated carbocycles. The number of rotatable bonds is 4. The number of benzene rings is 4. The molecule has 34 heavy (non-hydrogen) atoms. The fourth-order valence-electron chi connectivity index (χ4n) is 5.82. The Morgan fingerprint density at radius 2 is 1.47 bits per heavy atom. The molecule has 4 aromatic rings. The molecule has 2 heterocycles. The van der Waals surface area contributed by atoms with Crippen LogP contribution in [0.1, 0.15) is 17.5 Å². The number of para-hydroxylation sites is 1. The highest BCUT2D eigenvalue weighted by Crippen LogP contribution is 2.44. The fourth-order valence-corrected chi connectivity index (χ4v) is 5.82. The zero-order chi connectivity index (χ0) is 23.2. The van der Waals surface area contributed by atoms with Crippen LogP contribution in [0.15, 0.2) is 60.7 Å². The largest absolute Gasteiger partial charge is 0.497 e. The van der Waals surface area contributed by atoms with Gasteiger partial charge in [0.25, 0.3) is 0 Å². The summed E-state index contributed by atoms with van der Waals surface area (Å²) in [5.74, 6) is 2.40. The van der Waals surface area contributed by atoms with Gasteiger partial charge < -0.3 is 19.1 Å². The first kappa shape index (κ1) is 21.1. The predicted molar refractivity (Wildman–Crippen MR) is 137 cm³/mol. The van der Waals surface area contributed by atoms with Gasteiger partial charge in [-0.2, -0.15) is 0 Å². The molecule has 0 aliphatic carbocycles. The Morgan fingerprint density at radius 1 is 0.735 bits per heavy atom. The summed E-state index contributed by atoms with van der Waals surface area (Å²) in [6.45, 7) is 2.98. The summed E-state index contributed by atoms with van der Waals surface area (Å²) in [6.07, 6.45) is 2.20.